The number of carbonyl (C=O) groups excluding carboxylic acids is 1. The van der Waals surface area contributed by atoms with Gasteiger partial charge in [-0.1, -0.05) is 0 Å². The van der Waals surface area contributed by atoms with Crippen LogP contribution in [-0.4, -0.2) is 24.0 Å². The quantitative estimate of drug-likeness (QED) is 0.636. The minimum absolute atomic E-state index is 0.0149. The number of nitrogens with zero attached hydrogens (tertiary/aromatic N) is 1. The van der Waals surface area contributed by atoms with Crippen LogP contribution in [0.1, 0.15) is 6.92 Å². The molecular weight excluding hydrogens is 338 g/mol. The number of nitrogens with one attached hydrogen (secondary N) is 1. The second-order valence-electron chi connectivity index (χ2n) is 4.97. The molecule has 0 fully saturated rings. The molecule has 1 N–H and O–H groups in total. The van der Waals surface area contributed by atoms with Crippen LogP contribution in [-0.2, 0) is 4.79 Å². The fourth-order valence-corrected chi connectivity index (χ4v) is 1.94. The van der Waals surface area contributed by atoms with Gasteiger partial charge in [0, 0.05) is 12.1 Å². The Morgan fingerprint density at radius 1 is 1.20 bits per heavy atom. The smallest absolute Gasteiger partial charge is 0.273 e. The number of halogens is 2. The van der Waals surface area contributed by atoms with E-state index in [1.807, 2.05) is 0 Å². The second-order valence-corrected chi connectivity index (χ2v) is 4.97. The number of hydrogen-bond donors (Lipinski definition) is 1. The van der Waals surface area contributed by atoms with Crippen LogP contribution in [0.2, 0.25) is 0 Å². The number of anilines is 1. The maximum Gasteiger partial charge on any atom is 0.273 e. The number of amides is 1. The summed E-state index contributed by atoms with van der Waals surface area (Å²) in [5, 5.41) is 13.1. The molecule has 0 saturated carbocycles. The number of rotatable bonds is 6. The molecule has 1 atom stereocenters. The monoisotopic (exact) mass is 352 g/mol. The van der Waals surface area contributed by atoms with E-state index in [-0.39, 0.29) is 22.9 Å². The highest BCUT2D eigenvalue weighted by Crippen LogP contribution is 2.32. The Labute approximate surface area is 141 Å². The molecule has 0 bridgehead atoms. The van der Waals surface area contributed by atoms with Crippen LogP contribution in [0.25, 0.3) is 0 Å². The minimum Gasteiger partial charge on any atom is -0.493 e. The molecule has 2 aromatic carbocycles. The summed E-state index contributed by atoms with van der Waals surface area (Å²) in [5.41, 5.74) is -0.458. The van der Waals surface area contributed by atoms with Gasteiger partial charge < -0.3 is 14.8 Å². The topological polar surface area (TPSA) is 90.7 Å². The van der Waals surface area contributed by atoms with Gasteiger partial charge in [-0.3, -0.25) is 14.9 Å². The van der Waals surface area contributed by atoms with E-state index in [2.05, 4.69) is 5.32 Å². The van der Waals surface area contributed by atoms with Crippen molar-refractivity contribution < 1.29 is 28.0 Å². The predicted octanol–water partition coefficient (Wildman–Crippen LogP) is 3.29. The van der Waals surface area contributed by atoms with E-state index >= 15 is 0 Å². The lowest BCUT2D eigenvalue weighted by molar-refractivity contribution is -0.385. The Kier molecular flexibility index (Phi) is 5.48. The van der Waals surface area contributed by atoms with Crippen molar-refractivity contribution in [3.8, 4) is 11.5 Å². The van der Waals surface area contributed by atoms with Crippen molar-refractivity contribution in [2.24, 2.45) is 0 Å². The van der Waals surface area contributed by atoms with Gasteiger partial charge >= 0.3 is 0 Å². The van der Waals surface area contributed by atoms with Gasteiger partial charge in [-0.05, 0) is 25.1 Å². The number of methoxy groups -OCH3 is 1. The molecular formula is C16H14F2N2O5. The predicted molar refractivity (Wildman–Crippen MR) is 84.7 cm³/mol. The lowest BCUT2D eigenvalue weighted by Crippen LogP contribution is -2.30. The maximum atomic E-state index is 13.6. The zero-order valence-corrected chi connectivity index (χ0v) is 13.3. The van der Waals surface area contributed by atoms with Crippen LogP contribution in [0.3, 0.4) is 0 Å². The number of hydrogen-bond acceptors (Lipinski definition) is 5. The summed E-state index contributed by atoms with van der Waals surface area (Å²) in [7, 11) is 1.34. The molecule has 0 saturated heterocycles. The number of nitro benzene ring substituents is 1. The van der Waals surface area contributed by atoms with Gasteiger partial charge in [-0.15, -0.1) is 0 Å². The molecule has 9 heteroatoms. The zero-order valence-electron chi connectivity index (χ0n) is 13.3. The van der Waals surface area contributed by atoms with Crippen molar-refractivity contribution in [3.63, 3.8) is 0 Å². The maximum absolute atomic E-state index is 13.6. The van der Waals surface area contributed by atoms with Crippen molar-refractivity contribution in [3.05, 3.63) is 58.1 Å². The minimum atomic E-state index is -1.12. The highest BCUT2D eigenvalue weighted by atomic mass is 19.1. The first-order chi connectivity index (χ1) is 11.8. The van der Waals surface area contributed by atoms with Crippen LogP contribution in [0, 0.1) is 21.7 Å². The van der Waals surface area contributed by atoms with Gasteiger partial charge in [0.25, 0.3) is 11.6 Å². The fourth-order valence-electron chi connectivity index (χ4n) is 1.94. The first-order valence-electron chi connectivity index (χ1n) is 7.07. The molecule has 0 aliphatic heterocycles. The number of ether oxygens (including phenoxy) is 2. The molecule has 0 radical (unpaired) electrons. The summed E-state index contributed by atoms with van der Waals surface area (Å²) >= 11 is 0. The number of carbonyl (C=O) groups is 1. The van der Waals surface area contributed by atoms with Crippen molar-refractivity contribution in [1.82, 2.24) is 0 Å². The average molecular weight is 352 g/mol. The Balaban J connectivity index is 2.15. The van der Waals surface area contributed by atoms with Crippen LogP contribution in [0.15, 0.2) is 36.4 Å². The van der Waals surface area contributed by atoms with Crippen molar-refractivity contribution in [1.29, 1.82) is 0 Å². The van der Waals surface area contributed by atoms with E-state index in [0.29, 0.717) is 6.07 Å². The Hall–Kier alpha value is -3.23. The van der Waals surface area contributed by atoms with Gasteiger partial charge in [-0.2, -0.15) is 0 Å². The second kappa shape index (κ2) is 7.56. The Morgan fingerprint density at radius 3 is 2.52 bits per heavy atom. The molecule has 25 heavy (non-hydrogen) atoms. The summed E-state index contributed by atoms with van der Waals surface area (Å²) in [6.07, 6.45) is -1.12. The molecule has 2 rings (SSSR count). The normalized spacial score (nSPS) is 11.5. The van der Waals surface area contributed by atoms with Crippen molar-refractivity contribution in [2.45, 2.75) is 13.0 Å². The standard InChI is InChI=1S/C16H14F2N2O5/c1-9(16(21)19-13-5-3-10(17)7-12(13)18)25-15-8-11(20(22)23)4-6-14(15)24-2/h3-9H,1-2H3,(H,19,21)/t9-/m0/s1. The summed E-state index contributed by atoms with van der Waals surface area (Å²) in [6.45, 7) is 1.37. The van der Waals surface area contributed by atoms with Gasteiger partial charge in [0.2, 0.25) is 0 Å². The summed E-state index contributed by atoms with van der Waals surface area (Å²) in [6, 6.07) is 6.37. The van der Waals surface area contributed by atoms with Gasteiger partial charge in [0.1, 0.15) is 11.6 Å². The lowest BCUT2D eigenvalue weighted by Gasteiger charge is -2.16. The Morgan fingerprint density at radius 2 is 1.92 bits per heavy atom. The zero-order chi connectivity index (χ0) is 18.6. The van der Waals surface area contributed by atoms with Crippen LogP contribution < -0.4 is 14.8 Å². The van der Waals surface area contributed by atoms with Crippen LogP contribution in [0.4, 0.5) is 20.2 Å². The molecule has 0 heterocycles. The average Bonchev–Trinajstić information content (AvgIpc) is 2.57. The van der Waals surface area contributed by atoms with Crippen LogP contribution in [0.5, 0.6) is 11.5 Å². The van der Waals surface area contributed by atoms with E-state index in [0.717, 1.165) is 18.2 Å². The number of non-ortho nitro benzene ring substituents is 1. The van der Waals surface area contributed by atoms with E-state index in [1.165, 1.54) is 26.2 Å². The molecule has 7 nitrogen and oxygen atoms in total. The molecule has 0 spiro atoms. The number of nitro groups is 1. The fraction of sp³-hybridized carbons (Fsp3) is 0.188. The van der Waals surface area contributed by atoms with E-state index in [1.54, 1.807) is 0 Å². The van der Waals surface area contributed by atoms with Crippen LogP contribution >= 0.6 is 0 Å². The van der Waals surface area contributed by atoms with Gasteiger partial charge in [0.15, 0.2) is 17.6 Å². The first-order valence-corrected chi connectivity index (χ1v) is 7.07. The third kappa shape index (κ3) is 4.40. The lowest BCUT2D eigenvalue weighted by atomic mass is 10.2. The largest absolute Gasteiger partial charge is 0.493 e. The third-order valence-electron chi connectivity index (χ3n) is 3.22. The summed E-state index contributed by atoms with van der Waals surface area (Å²) in [5.74, 6) is -2.26. The van der Waals surface area contributed by atoms with E-state index in [4.69, 9.17) is 9.47 Å². The van der Waals surface area contributed by atoms with Gasteiger partial charge in [-0.25, -0.2) is 8.78 Å². The van der Waals surface area contributed by atoms with E-state index < -0.39 is 28.6 Å². The summed E-state index contributed by atoms with van der Waals surface area (Å²) in [4.78, 5) is 22.3. The molecule has 132 valence electrons. The number of benzene rings is 2. The Bertz CT molecular complexity index is 813. The molecule has 0 aromatic heterocycles. The highest BCUT2D eigenvalue weighted by molar-refractivity contribution is 5.94. The van der Waals surface area contributed by atoms with Gasteiger partial charge in [0.05, 0.1) is 23.8 Å². The molecule has 1 amide bonds. The molecule has 0 unspecified atom stereocenters. The summed E-state index contributed by atoms with van der Waals surface area (Å²) < 4.78 is 36.9. The van der Waals surface area contributed by atoms with Crippen molar-refractivity contribution in [2.75, 3.05) is 12.4 Å². The van der Waals surface area contributed by atoms with E-state index in [9.17, 15) is 23.7 Å². The molecule has 0 aliphatic carbocycles. The molecule has 2 aromatic rings. The third-order valence-corrected chi connectivity index (χ3v) is 3.22. The SMILES string of the molecule is COc1ccc([N+](=O)[O-])cc1O[C@@H](C)C(=O)Nc1ccc(F)cc1F. The first kappa shape index (κ1) is 18.1. The molecule has 0 aliphatic rings. The highest BCUT2D eigenvalue weighted by Gasteiger charge is 2.20. The van der Waals surface area contributed by atoms with Crippen molar-refractivity contribution >= 4 is 17.3 Å².